The molecular weight excluding hydrogens is 164 g/mol. The van der Waals surface area contributed by atoms with Gasteiger partial charge in [-0.25, -0.2) is 0 Å². The molecule has 1 atom stereocenters. The molecule has 1 aliphatic rings. The van der Waals surface area contributed by atoms with Crippen molar-refractivity contribution in [3.63, 3.8) is 0 Å². The van der Waals surface area contributed by atoms with Crippen LogP contribution in [0.4, 0.5) is 0 Å². The van der Waals surface area contributed by atoms with Crippen LogP contribution in [0.15, 0.2) is 30.3 Å². The number of aliphatic hydroxyl groups is 1. The average Bonchev–Trinajstić information content (AvgIpc) is 2.13. The van der Waals surface area contributed by atoms with Crippen LogP contribution in [0.1, 0.15) is 17.5 Å². The molecule has 0 heterocycles. The van der Waals surface area contributed by atoms with E-state index in [4.69, 9.17) is 11.5 Å². The molecule has 13 heavy (non-hydrogen) atoms. The monoisotopic (exact) mass is 176 g/mol. The summed E-state index contributed by atoms with van der Waals surface area (Å²) in [5.41, 5.74) is 12.4. The highest BCUT2D eigenvalue weighted by molar-refractivity contribution is 5.68. The Kier molecular flexibility index (Phi) is 1.65. The lowest BCUT2D eigenvalue weighted by Crippen LogP contribution is -2.38. The minimum absolute atomic E-state index is 0.371. The van der Waals surface area contributed by atoms with E-state index in [-0.39, 0.29) is 0 Å². The molecule has 0 bridgehead atoms. The van der Waals surface area contributed by atoms with Crippen molar-refractivity contribution in [2.45, 2.75) is 12.1 Å². The first kappa shape index (κ1) is 8.29. The number of rotatable bonds is 0. The summed E-state index contributed by atoms with van der Waals surface area (Å²) in [6, 6.07) is 7.38. The maximum Gasteiger partial charge on any atom is 0.143 e. The Balaban J connectivity index is 2.64. The predicted octanol–water partition coefficient (Wildman–Crippen LogP) is 0.494. The third-order valence-corrected chi connectivity index (χ3v) is 2.34. The molecular formula is C10H12N2O. The van der Waals surface area contributed by atoms with E-state index in [2.05, 4.69) is 0 Å². The quantitative estimate of drug-likeness (QED) is 0.504. The van der Waals surface area contributed by atoms with E-state index in [1.165, 1.54) is 0 Å². The van der Waals surface area contributed by atoms with E-state index in [9.17, 15) is 5.11 Å². The normalized spacial score (nSPS) is 26.5. The van der Waals surface area contributed by atoms with Crippen molar-refractivity contribution in [1.82, 2.24) is 0 Å². The summed E-state index contributed by atoms with van der Waals surface area (Å²) >= 11 is 0. The smallest absolute Gasteiger partial charge is 0.143 e. The Morgan fingerprint density at radius 2 is 2.00 bits per heavy atom. The topological polar surface area (TPSA) is 72.3 Å². The van der Waals surface area contributed by atoms with Gasteiger partial charge in [0.05, 0.1) is 0 Å². The summed E-state index contributed by atoms with van der Waals surface area (Å²) in [6.07, 6.45) is 2.12. The lowest BCUT2D eigenvalue weighted by atomic mass is 9.88. The Bertz CT molecular complexity index is 369. The lowest BCUT2D eigenvalue weighted by molar-refractivity contribution is 0.0451. The zero-order chi connectivity index (χ0) is 9.47. The molecule has 68 valence electrons. The van der Waals surface area contributed by atoms with Gasteiger partial charge >= 0.3 is 0 Å². The van der Waals surface area contributed by atoms with Gasteiger partial charge in [-0.3, -0.25) is 5.73 Å². The van der Waals surface area contributed by atoms with Crippen LogP contribution < -0.4 is 11.5 Å². The molecule has 0 saturated heterocycles. The second kappa shape index (κ2) is 2.58. The second-order valence-corrected chi connectivity index (χ2v) is 3.33. The van der Waals surface area contributed by atoms with Crippen LogP contribution in [0.3, 0.4) is 0 Å². The zero-order valence-electron chi connectivity index (χ0n) is 7.20. The molecule has 0 aromatic heterocycles. The third-order valence-electron chi connectivity index (χ3n) is 2.34. The van der Waals surface area contributed by atoms with Gasteiger partial charge in [-0.15, -0.1) is 0 Å². The summed E-state index contributed by atoms with van der Waals surface area (Å²) < 4.78 is 0. The molecule has 3 heteroatoms. The predicted molar refractivity (Wildman–Crippen MR) is 51.3 cm³/mol. The van der Waals surface area contributed by atoms with Crippen molar-refractivity contribution in [3.8, 4) is 0 Å². The van der Waals surface area contributed by atoms with Crippen LogP contribution in [0.5, 0.6) is 0 Å². The number of benzene rings is 1. The minimum atomic E-state index is -1.26. The first-order chi connectivity index (χ1) is 6.11. The summed E-state index contributed by atoms with van der Waals surface area (Å²) in [4.78, 5) is 0. The third kappa shape index (κ3) is 1.22. The van der Waals surface area contributed by atoms with Gasteiger partial charge in [0.1, 0.15) is 5.72 Å². The maximum absolute atomic E-state index is 9.82. The van der Waals surface area contributed by atoms with Crippen LogP contribution in [0.2, 0.25) is 0 Å². The summed E-state index contributed by atoms with van der Waals surface area (Å²) in [7, 11) is 0. The first-order valence-electron chi connectivity index (χ1n) is 4.18. The van der Waals surface area contributed by atoms with E-state index >= 15 is 0 Å². The van der Waals surface area contributed by atoms with Gasteiger partial charge < -0.3 is 10.8 Å². The molecule has 0 unspecified atom stereocenters. The van der Waals surface area contributed by atoms with Gasteiger partial charge in [0.15, 0.2) is 0 Å². The molecule has 0 saturated carbocycles. The van der Waals surface area contributed by atoms with E-state index in [1.807, 2.05) is 18.2 Å². The number of nitrogens with two attached hydrogens (primary N) is 2. The number of fused-ring (bicyclic) bond motifs is 1. The highest BCUT2D eigenvalue weighted by atomic mass is 16.3. The molecule has 0 radical (unpaired) electrons. The molecule has 0 spiro atoms. The fraction of sp³-hybridized carbons (Fsp3) is 0.200. The Morgan fingerprint density at radius 1 is 1.31 bits per heavy atom. The van der Waals surface area contributed by atoms with Crippen LogP contribution in [0, 0.1) is 0 Å². The molecule has 1 aromatic rings. The van der Waals surface area contributed by atoms with Crippen molar-refractivity contribution >= 4 is 5.70 Å². The van der Waals surface area contributed by atoms with Gasteiger partial charge in [-0.2, -0.15) is 0 Å². The summed E-state index contributed by atoms with van der Waals surface area (Å²) in [5.74, 6) is 0. The number of hydrogen-bond acceptors (Lipinski definition) is 3. The molecule has 3 nitrogen and oxygen atoms in total. The fourth-order valence-corrected chi connectivity index (χ4v) is 1.60. The highest BCUT2D eigenvalue weighted by Crippen LogP contribution is 2.31. The molecule has 1 aliphatic carbocycles. The average molecular weight is 176 g/mol. The Hall–Kier alpha value is -1.32. The van der Waals surface area contributed by atoms with Gasteiger partial charge in [-0.1, -0.05) is 30.3 Å². The second-order valence-electron chi connectivity index (χ2n) is 3.33. The minimum Gasteiger partial charge on any atom is -0.398 e. The molecule has 2 rings (SSSR count). The van der Waals surface area contributed by atoms with Gasteiger partial charge in [-0.05, 0) is 0 Å². The molecule has 1 aromatic carbocycles. The van der Waals surface area contributed by atoms with Crippen molar-refractivity contribution in [3.05, 3.63) is 41.5 Å². The van der Waals surface area contributed by atoms with Gasteiger partial charge in [0.2, 0.25) is 0 Å². The van der Waals surface area contributed by atoms with Crippen molar-refractivity contribution in [2.24, 2.45) is 11.5 Å². The van der Waals surface area contributed by atoms with Crippen molar-refractivity contribution in [1.29, 1.82) is 0 Å². The lowest BCUT2D eigenvalue weighted by Gasteiger charge is -2.28. The molecule has 0 fully saturated rings. The fourth-order valence-electron chi connectivity index (χ4n) is 1.60. The molecule has 5 N–H and O–H groups in total. The Morgan fingerprint density at radius 3 is 2.69 bits per heavy atom. The Labute approximate surface area is 76.7 Å². The van der Waals surface area contributed by atoms with E-state index in [1.54, 1.807) is 12.1 Å². The van der Waals surface area contributed by atoms with Crippen molar-refractivity contribution < 1.29 is 5.11 Å². The number of hydrogen-bond donors (Lipinski definition) is 3. The SMILES string of the molecule is NC1=CC[C@](N)(O)c2ccccc21. The zero-order valence-corrected chi connectivity index (χ0v) is 7.20. The largest absolute Gasteiger partial charge is 0.398 e. The van der Waals surface area contributed by atoms with Crippen LogP contribution >= 0.6 is 0 Å². The highest BCUT2D eigenvalue weighted by Gasteiger charge is 2.29. The first-order valence-corrected chi connectivity index (χ1v) is 4.18. The maximum atomic E-state index is 9.82. The van der Waals surface area contributed by atoms with Crippen LogP contribution in [-0.4, -0.2) is 5.11 Å². The van der Waals surface area contributed by atoms with Gasteiger partial charge in [0, 0.05) is 23.2 Å². The van der Waals surface area contributed by atoms with Crippen LogP contribution in [-0.2, 0) is 5.72 Å². The molecule has 0 amide bonds. The van der Waals surface area contributed by atoms with E-state index in [0.29, 0.717) is 17.7 Å². The summed E-state index contributed by atoms with van der Waals surface area (Å²) in [6.45, 7) is 0. The van der Waals surface area contributed by atoms with Crippen molar-refractivity contribution in [2.75, 3.05) is 0 Å². The van der Waals surface area contributed by atoms with E-state index < -0.39 is 5.72 Å². The van der Waals surface area contributed by atoms with Crippen LogP contribution in [0.25, 0.3) is 5.70 Å². The van der Waals surface area contributed by atoms with E-state index in [0.717, 1.165) is 5.56 Å². The molecule has 0 aliphatic heterocycles. The van der Waals surface area contributed by atoms with Gasteiger partial charge in [0.25, 0.3) is 0 Å². The standard InChI is InChI=1S/C10H12N2O/c11-9-5-6-10(12,13)8-4-2-1-3-7(8)9/h1-5,13H,6,11-12H2/t10-/m0/s1. The summed E-state index contributed by atoms with van der Waals surface area (Å²) in [5, 5.41) is 9.82.